The number of hydrogen-bond donors (Lipinski definition) is 7. The van der Waals surface area contributed by atoms with Crippen LogP contribution in [0.1, 0.15) is 32.3 Å². The van der Waals surface area contributed by atoms with Crippen molar-refractivity contribution in [3.8, 4) is 5.75 Å². The second kappa shape index (κ2) is 15.2. The van der Waals surface area contributed by atoms with Gasteiger partial charge in [0.15, 0.2) is 0 Å². The van der Waals surface area contributed by atoms with Crippen LogP contribution < -0.4 is 21.7 Å². The van der Waals surface area contributed by atoms with Crippen molar-refractivity contribution < 1.29 is 34.5 Å². The Balaban J connectivity index is 2.85. The lowest BCUT2D eigenvalue weighted by Gasteiger charge is -2.25. The number of carbonyl (C=O) groups excluding carboxylic acids is 3. The molecule has 0 fully saturated rings. The van der Waals surface area contributed by atoms with Crippen molar-refractivity contribution in [1.29, 1.82) is 0 Å². The Kier molecular flexibility index (Phi) is 13.1. The number of aromatic hydroxyl groups is 1. The first kappa shape index (κ1) is 30.2. The van der Waals surface area contributed by atoms with E-state index in [1.165, 1.54) is 23.9 Å². The van der Waals surface area contributed by atoms with Crippen LogP contribution in [0.2, 0.25) is 0 Å². The maximum atomic E-state index is 12.9. The van der Waals surface area contributed by atoms with Gasteiger partial charge in [-0.2, -0.15) is 11.8 Å². The number of hydrogen-bond acceptors (Lipinski definition) is 8. The van der Waals surface area contributed by atoms with E-state index >= 15 is 0 Å². The average molecular weight is 513 g/mol. The second-order valence-corrected chi connectivity index (χ2v) is 9.26. The molecule has 11 nitrogen and oxygen atoms in total. The van der Waals surface area contributed by atoms with Gasteiger partial charge in [-0.3, -0.25) is 14.4 Å². The fraction of sp³-hybridized carbons (Fsp3) is 0.565. The Hall–Kier alpha value is -2.83. The summed E-state index contributed by atoms with van der Waals surface area (Å²) < 4.78 is 0. The lowest BCUT2D eigenvalue weighted by molar-refractivity contribution is -0.144. The number of amides is 3. The van der Waals surface area contributed by atoms with Crippen molar-refractivity contribution in [2.45, 2.75) is 57.3 Å². The number of phenolic OH excluding ortho intramolecular Hbond substituents is 1. The van der Waals surface area contributed by atoms with Gasteiger partial charge in [0.05, 0.1) is 12.6 Å². The van der Waals surface area contributed by atoms with Crippen LogP contribution in [-0.4, -0.2) is 81.8 Å². The van der Waals surface area contributed by atoms with E-state index in [2.05, 4.69) is 16.0 Å². The largest absolute Gasteiger partial charge is 0.508 e. The zero-order valence-corrected chi connectivity index (χ0v) is 21.0. The number of nitrogens with one attached hydrogen (secondary N) is 3. The normalized spacial score (nSPS) is 15.2. The topological polar surface area (TPSA) is 191 Å². The average Bonchev–Trinajstić information content (AvgIpc) is 2.83. The molecule has 12 heteroatoms. The van der Waals surface area contributed by atoms with E-state index in [9.17, 15) is 34.5 Å². The van der Waals surface area contributed by atoms with Gasteiger partial charge in [0, 0.05) is 0 Å². The van der Waals surface area contributed by atoms with E-state index in [0.29, 0.717) is 12.2 Å². The Morgan fingerprint density at radius 3 is 2.09 bits per heavy atom. The van der Waals surface area contributed by atoms with Gasteiger partial charge >= 0.3 is 5.97 Å². The number of aliphatic hydroxyl groups is 1. The molecule has 1 aromatic carbocycles. The molecule has 8 N–H and O–H groups in total. The van der Waals surface area contributed by atoms with Crippen molar-refractivity contribution in [1.82, 2.24) is 16.0 Å². The van der Waals surface area contributed by atoms with Crippen LogP contribution in [0, 0.1) is 5.92 Å². The van der Waals surface area contributed by atoms with E-state index in [1.54, 1.807) is 26.0 Å². The van der Waals surface area contributed by atoms with Gasteiger partial charge < -0.3 is 37.0 Å². The summed E-state index contributed by atoms with van der Waals surface area (Å²) in [5, 5.41) is 35.7. The minimum Gasteiger partial charge on any atom is -0.508 e. The smallest absolute Gasteiger partial charge is 0.326 e. The van der Waals surface area contributed by atoms with E-state index in [-0.39, 0.29) is 24.5 Å². The number of carboxylic acids is 1. The van der Waals surface area contributed by atoms with Gasteiger partial charge in [-0.25, -0.2) is 4.79 Å². The quantitative estimate of drug-likeness (QED) is 0.164. The van der Waals surface area contributed by atoms with Crippen LogP contribution in [0.25, 0.3) is 0 Å². The number of thioether (sulfide) groups is 1. The molecule has 35 heavy (non-hydrogen) atoms. The molecule has 0 saturated heterocycles. The summed E-state index contributed by atoms with van der Waals surface area (Å²) in [6, 6.07) is 1.66. The minimum absolute atomic E-state index is 0.0851. The molecule has 196 valence electrons. The second-order valence-electron chi connectivity index (χ2n) is 8.27. The van der Waals surface area contributed by atoms with E-state index in [1.807, 2.05) is 6.26 Å². The molecule has 5 atom stereocenters. The molecule has 3 amide bonds. The molecule has 0 radical (unpaired) electrons. The number of carbonyl (C=O) groups is 4. The molecule has 0 aliphatic carbocycles. The first-order chi connectivity index (χ1) is 16.5. The van der Waals surface area contributed by atoms with Gasteiger partial charge in [0.25, 0.3) is 0 Å². The molecular weight excluding hydrogens is 476 g/mol. The molecule has 0 aliphatic heterocycles. The summed E-state index contributed by atoms with van der Waals surface area (Å²) in [7, 11) is 0. The molecule has 0 bridgehead atoms. The maximum absolute atomic E-state index is 12.9. The number of rotatable bonds is 15. The van der Waals surface area contributed by atoms with Crippen LogP contribution in [-0.2, 0) is 25.6 Å². The summed E-state index contributed by atoms with van der Waals surface area (Å²) in [6.07, 6.45) is 2.75. The van der Waals surface area contributed by atoms with Crippen molar-refractivity contribution in [2.24, 2.45) is 11.7 Å². The Morgan fingerprint density at radius 1 is 1.00 bits per heavy atom. The number of phenols is 1. The zero-order chi connectivity index (χ0) is 26.5. The van der Waals surface area contributed by atoms with Gasteiger partial charge in [0.2, 0.25) is 17.7 Å². The summed E-state index contributed by atoms with van der Waals surface area (Å²) in [6.45, 7) is 2.69. The molecular formula is C23H36N4O7S. The standard InChI is InChI=1S/C23H36N4O7S/c1-4-13(2)19(23(33)34)27-22(32)18(12-28)26-21(31)17(9-10-35-3)25-20(30)16(24)11-14-5-7-15(29)8-6-14/h5-8,13,16-19,28-29H,4,9-12,24H2,1-3H3,(H,25,30)(H,26,31)(H,27,32)(H,33,34). The zero-order valence-electron chi connectivity index (χ0n) is 20.2. The highest BCUT2D eigenvalue weighted by atomic mass is 32.2. The fourth-order valence-corrected chi connectivity index (χ4v) is 3.64. The molecule has 0 saturated carbocycles. The molecule has 0 spiro atoms. The van der Waals surface area contributed by atoms with E-state index < -0.39 is 54.5 Å². The highest BCUT2D eigenvalue weighted by molar-refractivity contribution is 7.98. The number of nitrogens with two attached hydrogens (primary N) is 1. The monoisotopic (exact) mass is 512 g/mol. The first-order valence-corrected chi connectivity index (χ1v) is 12.7. The number of benzene rings is 1. The van der Waals surface area contributed by atoms with Crippen LogP contribution in [0.15, 0.2) is 24.3 Å². The lowest BCUT2D eigenvalue weighted by Crippen LogP contribution is -2.58. The number of aliphatic carboxylic acids is 1. The third-order valence-electron chi connectivity index (χ3n) is 5.56. The highest BCUT2D eigenvalue weighted by Crippen LogP contribution is 2.12. The van der Waals surface area contributed by atoms with Crippen LogP contribution in [0.5, 0.6) is 5.75 Å². The molecule has 0 aliphatic rings. The van der Waals surface area contributed by atoms with E-state index in [4.69, 9.17) is 5.73 Å². The molecule has 0 heterocycles. The summed E-state index contributed by atoms with van der Waals surface area (Å²) in [5.74, 6) is -3.09. The van der Waals surface area contributed by atoms with Crippen molar-refractivity contribution in [2.75, 3.05) is 18.6 Å². The lowest BCUT2D eigenvalue weighted by atomic mass is 9.99. The third-order valence-corrected chi connectivity index (χ3v) is 6.21. The van der Waals surface area contributed by atoms with Gasteiger partial charge in [0.1, 0.15) is 23.9 Å². The van der Waals surface area contributed by atoms with Crippen molar-refractivity contribution >= 4 is 35.5 Å². The fourth-order valence-electron chi connectivity index (χ4n) is 3.17. The predicted octanol–water partition coefficient (Wildman–Crippen LogP) is -0.407. The molecule has 1 aromatic rings. The minimum atomic E-state index is -1.40. The molecule has 1 rings (SSSR count). The van der Waals surface area contributed by atoms with Crippen LogP contribution in [0.3, 0.4) is 0 Å². The van der Waals surface area contributed by atoms with Gasteiger partial charge in [-0.15, -0.1) is 0 Å². The summed E-state index contributed by atoms with van der Waals surface area (Å²) in [5.41, 5.74) is 6.72. The summed E-state index contributed by atoms with van der Waals surface area (Å²) in [4.78, 5) is 49.6. The van der Waals surface area contributed by atoms with Crippen molar-refractivity contribution in [3.05, 3.63) is 29.8 Å². The van der Waals surface area contributed by atoms with Crippen molar-refractivity contribution in [3.63, 3.8) is 0 Å². The Labute approximate surface area is 209 Å². The first-order valence-electron chi connectivity index (χ1n) is 11.3. The maximum Gasteiger partial charge on any atom is 0.326 e. The molecule has 5 unspecified atom stereocenters. The molecule has 0 aromatic heterocycles. The van der Waals surface area contributed by atoms with E-state index in [0.717, 1.165) is 5.56 Å². The van der Waals surface area contributed by atoms with Crippen LogP contribution >= 0.6 is 11.8 Å². The Bertz CT molecular complexity index is 853. The summed E-state index contributed by atoms with van der Waals surface area (Å²) >= 11 is 1.45. The number of aliphatic hydroxyl groups excluding tert-OH is 1. The predicted molar refractivity (Wildman–Crippen MR) is 133 cm³/mol. The van der Waals surface area contributed by atoms with Gasteiger partial charge in [-0.1, -0.05) is 32.4 Å². The van der Waals surface area contributed by atoms with Crippen LogP contribution in [0.4, 0.5) is 0 Å². The number of carboxylic acid groups (broad SMARTS) is 1. The van der Waals surface area contributed by atoms with Gasteiger partial charge in [-0.05, 0) is 48.5 Å². The third kappa shape index (κ3) is 10.1. The Morgan fingerprint density at radius 2 is 1.57 bits per heavy atom. The SMILES string of the molecule is CCC(C)C(NC(=O)C(CO)NC(=O)C(CCSC)NC(=O)C(N)Cc1ccc(O)cc1)C(=O)O. The highest BCUT2D eigenvalue weighted by Gasteiger charge is 2.31.